The number of aromatic nitrogens is 1. The first-order valence-electron chi connectivity index (χ1n) is 6.25. The van der Waals surface area contributed by atoms with Gasteiger partial charge < -0.3 is 5.32 Å². The predicted molar refractivity (Wildman–Crippen MR) is 74.4 cm³/mol. The van der Waals surface area contributed by atoms with E-state index in [1.54, 1.807) is 6.20 Å². The second-order valence-electron chi connectivity index (χ2n) is 4.54. The first kappa shape index (κ1) is 15.1. The Morgan fingerprint density at radius 3 is 2.72 bits per heavy atom. The maximum Gasteiger partial charge on any atom is 0.147 e. The van der Waals surface area contributed by atoms with E-state index in [1.807, 2.05) is 19.3 Å². The highest BCUT2D eigenvalue weighted by molar-refractivity contribution is 7.90. The minimum atomic E-state index is -2.87. The first-order valence-corrected chi connectivity index (χ1v) is 8.31. The third-order valence-electron chi connectivity index (χ3n) is 3.05. The molecular weight excluding hydrogens is 248 g/mol. The Labute approximate surface area is 110 Å². The summed E-state index contributed by atoms with van der Waals surface area (Å²) in [6.45, 7) is 2.10. The molecule has 0 aliphatic carbocycles. The van der Waals surface area contributed by atoms with Crippen LogP contribution in [0.3, 0.4) is 0 Å². The third-order valence-corrected chi connectivity index (χ3v) is 4.08. The van der Waals surface area contributed by atoms with Gasteiger partial charge in [-0.05, 0) is 43.5 Å². The van der Waals surface area contributed by atoms with Crippen molar-refractivity contribution >= 4 is 9.84 Å². The molecule has 0 saturated carbocycles. The van der Waals surface area contributed by atoms with Crippen LogP contribution in [0, 0.1) is 0 Å². The lowest BCUT2D eigenvalue weighted by molar-refractivity contribution is 0.532. The summed E-state index contributed by atoms with van der Waals surface area (Å²) in [6.07, 6.45) is 7.39. The van der Waals surface area contributed by atoms with Crippen LogP contribution in [0.5, 0.6) is 0 Å². The van der Waals surface area contributed by atoms with Gasteiger partial charge in [0.05, 0.1) is 0 Å². The Hall–Kier alpha value is -0.940. The summed E-state index contributed by atoms with van der Waals surface area (Å²) in [4.78, 5) is 4.13. The van der Waals surface area contributed by atoms with Crippen molar-refractivity contribution in [1.82, 2.24) is 10.3 Å². The maximum atomic E-state index is 11.1. The van der Waals surface area contributed by atoms with Gasteiger partial charge in [0.25, 0.3) is 0 Å². The fraction of sp³-hybridized carbons (Fsp3) is 0.615. The van der Waals surface area contributed by atoms with Gasteiger partial charge in [0.15, 0.2) is 0 Å². The molecule has 0 amide bonds. The molecule has 0 aliphatic heterocycles. The number of hydrogen-bond acceptors (Lipinski definition) is 4. The van der Waals surface area contributed by atoms with Crippen LogP contribution in [0.1, 0.15) is 36.9 Å². The number of nitrogens with one attached hydrogen (secondary N) is 1. The van der Waals surface area contributed by atoms with Crippen molar-refractivity contribution in [2.75, 3.05) is 19.1 Å². The topological polar surface area (TPSA) is 59.1 Å². The molecule has 0 radical (unpaired) electrons. The van der Waals surface area contributed by atoms with E-state index in [0.717, 1.165) is 12.8 Å². The van der Waals surface area contributed by atoms with Crippen LogP contribution in [0.4, 0.5) is 0 Å². The minimum Gasteiger partial charge on any atom is -0.313 e. The molecule has 18 heavy (non-hydrogen) atoms. The minimum absolute atomic E-state index is 0.199. The summed E-state index contributed by atoms with van der Waals surface area (Å²) in [7, 11) is -0.958. The molecule has 102 valence electrons. The zero-order chi connectivity index (χ0) is 13.6. The van der Waals surface area contributed by atoms with Crippen molar-refractivity contribution in [3.8, 4) is 0 Å². The molecule has 1 rings (SSSR count). The molecule has 0 spiro atoms. The summed E-state index contributed by atoms with van der Waals surface area (Å²) >= 11 is 0. The Bertz CT molecular complexity index is 472. The van der Waals surface area contributed by atoms with E-state index in [4.69, 9.17) is 0 Å². The Morgan fingerprint density at radius 1 is 1.44 bits per heavy atom. The Balaban J connectivity index is 2.71. The molecule has 1 aromatic rings. The summed E-state index contributed by atoms with van der Waals surface area (Å²) < 4.78 is 22.3. The smallest absolute Gasteiger partial charge is 0.147 e. The van der Waals surface area contributed by atoms with Crippen molar-refractivity contribution in [1.29, 1.82) is 0 Å². The molecular formula is C13H22N2O2S. The average molecular weight is 270 g/mol. The number of nitrogens with zero attached hydrogens (tertiary/aromatic N) is 1. The van der Waals surface area contributed by atoms with Crippen molar-refractivity contribution in [2.45, 2.75) is 32.2 Å². The first-order chi connectivity index (χ1) is 8.48. The van der Waals surface area contributed by atoms with Crippen LogP contribution in [-0.2, 0) is 16.3 Å². The predicted octanol–water partition coefficient (Wildman–Crippen LogP) is 1.73. The van der Waals surface area contributed by atoms with E-state index >= 15 is 0 Å². The number of aryl methyl sites for hydroxylation is 1. The number of sulfone groups is 1. The molecule has 1 unspecified atom stereocenters. The van der Waals surface area contributed by atoms with Crippen LogP contribution < -0.4 is 5.32 Å². The molecule has 5 heteroatoms. The van der Waals surface area contributed by atoms with Crippen molar-refractivity contribution < 1.29 is 8.42 Å². The maximum absolute atomic E-state index is 11.1. The van der Waals surface area contributed by atoms with Crippen LogP contribution in [0.15, 0.2) is 18.5 Å². The summed E-state index contributed by atoms with van der Waals surface area (Å²) in [6, 6.07) is 2.21. The second kappa shape index (κ2) is 6.85. The molecule has 0 aromatic carbocycles. The van der Waals surface area contributed by atoms with E-state index in [0.29, 0.717) is 6.42 Å². The van der Waals surface area contributed by atoms with E-state index in [-0.39, 0.29) is 11.8 Å². The Morgan fingerprint density at radius 2 is 2.17 bits per heavy atom. The Kier molecular flexibility index (Phi) is 5.75. The fourth-order valence-electron chi connectivity index (χ4n) is 2.08. The highest BCUT2D eigenvalue weighted by Crippen LogP contribution is 2.22. The highest BCUT2D eigenvalue weighted by Gasteiger charge is 2.13. The largest absolute Gasteiger partial charge is 0.313 e. The zero-order valence-corrected chi connectivity index (χ0v) is 12.1. The third kappa shape index (κ3) is 4.74. The lowest BCUT2D eigenvalue weighted by Crippen LogP contribution is -2.19. The molecule has 0 saturated heterocycles. The molecule has 4 nitrogen and oxygen atoms in total. The molecule has 1 atom stereocenters. The van der Waals surface area contributed by atoms with Crippen molar-refractivity contribution in [2.24, 2.45) is 0 Å². The van der Waals surface area contributed by atoms with E-state index in [1.165, 1.54) is 17.4 Å². The standard InChI is InChI=1S/C13H22N2O2S/c1-4-11-10-15-8-7-12(11)13(14-2)6-5-9-18(3,16)17/h7-8,10,13-14H,4-6,9H2,1-3H3. The van der Waals surface area contributed by atoms with Crippen molar-refractivity contribution in [3.05, 3.63) is 29.6 Å². The van der Waals surface area contributed by atoms with Gasteiger partial charge in [-0.2, -0.15) is 0 Å². The lowest BCUT2D eigenvalue weighted by Gasteiger charge is -2.19. The van der Waals surface area contributed by atoms with Gasteiger partial charge in [0, 0.05) is 30.4 Å². The SMILES string of the molecule is CCc1cnccc1C(CCCS(C)(=O)=O)NC. The van der Waals surface area contributed by atoms with Gasteiger partial charge in [0.2, 0.25) is 0 Å². The van der Waals surface area contributed by atoms with Gasteiger partial charge in [-0.25, -0.2) is 8.42 Å². The summed E-state index contributed by atoms with van der Waals surface area (Å²) in [5, 5.41) is 3.26. The molecule has 0 fully saturated rings. The molecule has 0 bridgehead atoms. The molecule has 1 N–H and O–H groups in total. The quantitative estimate of drug-likeness (QED) is 0.819. The fourth-order valence-corrected chi connectivity index (χ4v) is 2.77. The second-order valence-corrected chi connectivity index (χ2v) is 6.80. The van der Waals surface area contributed by atoms with Gasteiger partial charge >= 0.3 is 0 Å². The van der Waals surface area contributed by atoms with E-state index in [9.17, 15) is 8.42 Å². The zero-order valence-electron chi connectivity index (χ0n) is 11.3. The monoisotopic (exact) mass is 270 g/mol. The number of hydrogen-bond donors (Lipinski definition) is 1. The lowest BCUT2D eigenvalue weighted by atomic mass is 9.98. The van der Waals surface area contributed by atoms with Gasteiger partial charge in [0.1, 0.15) is 9.84 Å². The normalized spacial score (nSPS) is 13.5. The summed E-state index contributed by atoms with van der Waals surface area (Å²) in [5.41, 5.74) is 2.44. The molecule has 1 aromatic heterocycles. The highest BCUT2D eigenvalue weighted by atomic mass is 32.2. The van der Waals surface area contributed by atoms with Crippen LogP contribution >= 0.6 is 0 Å². The van der Waals surface area contributed by atoms with Crippen LogP contribution in [0.2, 0.25) is 0 Å². The average Bonchev–Trinajstić information content (AvgIpc) is 2.33. The summed E-state index contributed by atoms with van der Waals surface area (Å²) in [5.74, 6) is 0.248. The molecule has 0 aliphatic rings. The van der Waals surface area contributed by atoms with Gasteiger partial charge in [-0.3, -0.25) is 4.98 Å². The van der Waals surface area contributed by atoms with Crippen molar-refractivity contribution in [3.63, 3.8) is 0 Å². The van der Waals surface area contributed by atoms with Gasteiger partial charge in [-0.1, -0.05) is 6.92 Å². The number of rotatable bonds is 7. The number of pyridine rings is 1. The van der Waals surface area contributed by atoms with Gasteiger partial charge in [-0.15, -0.1) is 0 Å². The van der Waals surface area contributed by atoms with E-state index < -0.39 is 9.84 Å². The van der Waals surface area contributed by atoms with Crippen LogP contribution in [-0.4, -0.2) is 32.5 Å². The van der Waals surface area contributed by atoms with E-state index in [2.05, 4.69) is 17.2 Å². The molecule has 1 heterocycles. The van der Waals surface area contributed by atoms with Crippen LogP contribution in [0.25, 0.3) is 0 Å².